The molecule has 3 atom stereocenters. The molecule has 2 fully saturated rings. The van der Waals surface area contributed by atoms with Gasteiger partial charge in [-0.3, -0.25) is 4.90 Å². The Morgan fingerprint density at radius 3 is 2.74 bits per heavy atom. The zero-order chi connectivity index (χ0) is 13.6. The van der Waals surface area contributed by atoms with Crippen LogP contribution in [0.5, 0.6) is 0 Å². The molecule has 3 heterocycles. The number of thiophene rings is 1. The molecule has 3 unspecified atom stereocenters. The van der Waals surface area contributed by atoms with E-state index in [1.165, 1.54) is 29.4 Å². The number of rotatable bonds is 2. The van der Waals surface area contributed by atoms with Gasteiger partial charge >= 0.3 is 0 Å². The highest BCUT2D eigenvalue weighted by Crippen LogP contribution is 2.35. The molecule has 2 nitrogen and oxygen atoms in total. The lowest BCUT2D eigenvalue weighted by atomic mass is 9.95. The molecule has 0 amide bonds. The van der Waals surface area contributed by atoms with E-state index in [0.717, 1.165) is 24.4 Å². The van der Waals surface area contributed by atoms with Crippen molar-refractivity contribution in [3.63, 3.8) is 0 Å². The standard InChI is InChI=1S/C16H26N2S/c1-11-14-8-17-7-12(14)9-18(11)10-13-5-6-15(19-13)16(2,3)4/h5-6,11-12,14,17H,7-10H2,1-4H3. The van der Waals surface area contributed by atoms with E-state index in [4.69, 9.17) is 0 Å². The van der Waals surface area contributed by atoms with Gasteiger partial charge in [-0.05, 0) is 49.4 Å². The first-order valence-corrected chi connectivity index (χ1v) is 8.31. The molecule has 3 heteroatoms. The summed E-state index contributed by atoms with van der Waals surface area (Å²) < 4.78 is 0. The summed E-state index contributed by atoms with van der Waals surface area (Å²) in [5, 5.41) is 3.54. The summed E-state index contributed by atoms with van der Waals surface area (Å²) in [5.41, 5.74) is 0.292. The van der Waals surface area contributed by atoms with Gasteiger partial charge in [0.2, 0.25) is 0 Å². The lowest BCUT2D eigenvalue weighted by Crippen LogP contribution is -2.32. The van der Waals surface area contributed by atoms with Crippen LogP contribution in [0.25, 0.3) is 0 Å². The van der Waals surface area contributed by atoms with E-state index in [0.29, 0.717) is 5.41 Å². The summed E-state index contributed by atoms with van der Waals surface area (Å²) >= 11 is 2.00. The number of fused-ring (bicyclic) bond motifs is 1. The number of likely N-dealkylation sites (tertiary alicyclic amines) is 1. The van der Waals surface area contributed by atoms with Gasteiger partial charge in [0, 0.05) is 28.9 Å². The minimum atomic E-state index is 0.292. The smallest absolute Gasteiger partial charge is 0.0331 e. The summed E-state index contributed by atoms with van der Waals surface area (Å²) in [7, 11) is 0. The Labute approximate surface area is 121 Å². The second-order valence-electron chi connectivity index (χ2n) is 7.27. The van der Waals surface area contributed by atoms with Gasteiger partial charge in [0.15, 0.2) is 0 Å². The van der Waals surface area contributed by atoms with Crippen molar-refractivity contribution >= 4 is 11.3 Å². The molecule has 2 aliphatic rings. The third-order valence-electron chi connectivity index (χ3n) is 4.82. The predicted octanol–water partition coefficient (Wildman–Crippen LogP) is 3.09. The third-order valence-corrected chi connectivity index (χ3v) is 6.31. The van der Waals surface area contributed by atoms with Crippen LogP contribution in [0.4, 0.5) is 0 Å². The number of nitrogens with zero attached hydrogens (tertiary/aromatic N) is 1. The Kier molecular flexibility index (Phi) is 3.48. The van der Waals surface area contributed by atoms with Crippen LogP contribution in [0.15, 0.2) is 12.1 Å². The quantitative estimate of drug-likeness (QED) is 0.894. The van der Waals surface area contributed by atoms with Crippen molar-refractivity contribution in [2.24, 2.45) is 11.8 Å². The fourth-order valence-corrected chi connectivity index (χ4v) is 4.62. The summed E-state index contributed by atoms with van der Waals surface area (Å²) in [6.07, 6.45) is 0. The minimum Gasteiger partial charge on any atom is -0.316 e. The molecular formula is C16H26N2S. The fraction of sp³-hybridized carbons (Fsp3) is 0.750. The molecule has 1 aromatic heterocycles. The Balaban J connectivity index is 1.67. The molecular weight excluding hydrogens is 252 g/mol. The van der Waals surface area contributed by atoms with E-state index in [2.05, 4.69) is 50.0 Å². The van der Waals surface area contributed by atoms with Crippen LogP contribution in [0.3, 0.4) is 0 Å². The molecule has 0 aliphatic carbocycles. The lowest BCUT2D eigenvalue weighted by Gasteiger charge is -2.23. The van der Waals surface area contributed by atoms with E-state index in [-0.39, 0.29) is 0 Å². The number of nitrogens with one attached hydrogen (secondary N) is 1. The average molecular weight is 278 g/mol. The van der Waals surface area contributed by atoms with Crippen molar-refractivity contribution in [3.8, 4) is 0 Å². The topological polar surface area (TPSA) is 15.3 Å². The maximum absolute atomic E-state index is 3.54. The van der Waals surface area contributed by atoms with Crippen LogP contribution in [0.1, 0.15) is 37.4 Å². The van der Waals surface area contributed by atoms with Crippen molar-refractivity contribution < 1.29 is 0 Å². The SMILES string of the molecule is CC1C2CNCC2CN1Cc1ccc(C(C)(C)C)s1. The van der Waals surface area contributed by atoms with Crippen LogP contribution >= 0.6 is 11.3 Å². The van der Waals surface area contributed by atoms with Gasteiger partial charge in [-0.2, -0.15) is 0 Å². The minimum absolute atomic E-state index is 0.292. The maximum atomic E-state index is 3.54. The first kappa shape index (κ1) is 13.6. The van der Waals surface area contributed by atoms with Gasteiger partial charge in [0.05, 0.1) is 0 Å². The molecule has 2 saturated heterocycles. The Bertz CT molecular complexity index is 446. The number of hydrogen-bond acceptors (Lipinski definition) is 3. The highest BCUT2D eigenvalue weighted by molar-refractivity contribution is 7.12. The Morgan fingerprint density at radius 1 is 1.32 bits per heavy atom. The highest BCUT2D eigenvalue weighted by Gasteiger charge is 2.41. The Morgan fingerprint density at radius 2 is 2.11 bits per heavy atom. The van der Waals surface area contributed by atoms with Gasteiger partial charge in [-0.1, -0.05) is 20.8 Å². The van der Waals surface area contributed by atoms with Gasteiger partial charge in [-0.15, -0.1) is 11.3 Å². The van der Waals surface area contributed by atoms with Crippen LogP contribution in [-0.2, 0) is 12.0 Å². The molecule has 1 N–H and O–H groups in total. The number of hydrogen-bond donors (Lipinski definition) is 1. The highest BCUT2D eigenvalue weighted by atomic mass is 32.1. The van der Waals surface area contributed by atoms with Crippen LogP contribution in [-0.4, -0.2) is 30.6 Å². The maximum Gasteiger partial charge on any atom is 0.0331 e. The molecule has 2 aliphatic heterocycles. The van der Waals surface area contributed by atoms with E-state index in [9.17, 15) is 0 Å². The molecule has 3 rings (SSSR count). The van der Waals surface area contributed by atoms with Crippen LogP contribution in [0.2, 0.25) is 0 Å². The predicted molar refractivity (Wildman–Crippen MR) is 82.7 cm³/mol. The van der Waals surface area contributed by atoms with Crippen molar-refractivity contribution in [2.75, 3.05) is 19.6 Å². The van der Waals surface area contributed by atoms with Crippen molar-refractivity contribution in [2.45, 2.75) is 45.7 Å². The van der Waals surface area contributed by atoms with Crippen molar-refractivity contribution in [1.29, 1.82) is 0 Å². The molecule has 0 spiro atoms. The van der Waals surface area contributed by atoms with Gasteiger partial charge in [-0.25, -0.2) is 0 Å². The third kappa shape index (κ3) is 2.61. The summed E-state index contributed by atoms with van der Waals surface area (Å²) in [6, 6.07) is 5.40. The van der Waals surface area contributed by atoms with E-state index in [1.807, 2.05) is 11.3 Å². The molecule has 0 bridgehead atoms. The summed E-state index contributed by atoms with van der Waals surface area (Å²) in [6.45, 7) is 14.2. The molecule has 0 aromatic carbocycles. The van der Waals surface area contributed by atoms with E-state index >= 15 is 0 Å². The van der Waals surface area contributed by atoms with E-state index in [1.54, 1.807) is 0 Å². The Hall–Kier alpha value is -0.380. The van der Waals surface area contributed by atoms with Crippen molar-refractivity contribution in [3.05, 3.63) is 21.9 Å². The molecule has 0 saturated carbocycles. The first-order chi connectivity index (χ1) is 8.95. The molecule has 19 heavy (non-hydrogen) atoms. The normalized spacial score (nSPS) is 31.9. The molecule has 0 radical (unpaired) electrons. The average Bonchev–Trinajstić information content (AvgIpc) is 2.98. The van der Waals surface area contributed by atoms with Crippen LogP contribution < -0.4 is 5.32 Å². The van der Waals surface area contributed by atoms with E-state index < -0.39 is 0 Å². The monoisotopic (exact) mass is 278 g/mol. The van der Waals surface area contributed by atoms with Gasteiger partial charge < -0.3 is 5.32 Å². The largest absolute Gasteiger partial charge is 0.316 e. The first-order valence-electron chi connectivity index (χ1n) is 7.49. The van der Waals surface area contributed by atoms with Gasteiger partial charge in [0.1, 0.15) is 0 Å². The lowest BCUT2D eigenvalue weighted by molar-refractivity contribution is 0.233. The fourth-order valence-electron chi connectivity index (χ4n) is 3.53. The van der Waals surface area contributed by atoms with Gasteiger partial charge in [0.25, 0.3) is 0 Å². The molecule has 106 valence electrons. The second-order valence-corrected chi connectivity index (χ2v) is 8.44. The zero-order valence-corrected chi connectivity index (χ0v) is 13.4. The zero-order valence-electron chi connectivity index (χ0n) is 12.6. The van der Waals surface area contributed by atoms with Crippen molar-refractivity contribution in [1.82, 2.24) is 10.2 Å². The summed E-state index contributed by atoms with van der Waals surface area (Å²) in [4.78, 5) is 5.73. The summed E-state index contributed by atoms with van der Waals surface area (Å²) in [5.74, 6) is 1.76. The molecule has 1 aromatic rings. The second kappa shape index (κ2) is 4.87. The van der Waals surface area contributed by atoms with Crippen LogP contribution in [0, 0.1) is 11.8 Å².